The monoisotopic (exact) mass is 228 g/mol. The van der Waals surface area contributed by atoms with E-state index in [0.717, 1.165) is 10.6 Å². The maximum absolute atomic E-state index is 5.74. The predicted molar refractivity (Wildman–Crippen MR) is 52.1 cm³/mol. The van der Waals surface area contributed by atoms with Gasteiger partial charge in [0.1, 0.15) is 0 Å². The summed E-state index contributed by atoms with van der Waals surface area (Å²) in [4.78, 5) is 0. The molecule has 0 radical (unpaired) electrons. The first-order valence-electron chi connectivity index (χ1n) is 3.13. The first kappa shape index (κ1) is 8.64. The van der Waals surface area contributed by atoms with Crippen LogP contribution in [0.5, 0.6) is 0 Å². The number of alkyl halides is 1. The number of halogens is 2. The van der Waals surface area contributed by atoms with Crippen molar-refractivity contribution >= 4 is 27.5 Å². The smallest absolute Gasteiger partial charge is 0.0649 e. The Morgan fingerprint density at radius 1 is 1.45 bits per heavy atom. The minimum absolute atomic E-state index is 0.694. The molecule has 0 aliphatic heterocycles. The van der Waals surface area contributed by atoms with Crippen LogP contribution in [0.2, 0.25) is 5.02 Å². The van der Waals surface area contributed by atoms with Crippen molar-refractivity contribution in [3.05, 3.63) is 34.9 Å². The van der Waals surface area contributed by atoms with Crippen LogP contribution < -0.4 is 0 Å². The third-order valence-corrected chi connectivity index (χ3v) is 1.64. The molecule has 0 unspecified atom stereocenters. The van der Waals surface area contributed by atoms with Crippen LogP contribution in [0.4, 0.5) is 0 Å². The lowest BCUT2D eigenvalue weighted by Crippen LogP contribution is -1.72. The van der Waals surface area contributed by atoms with Crippen molar-refractivity contribution in [2.75, 3.05) is 5.33 Å². The predicted octanol–water partition coefficient (Wildman–Crippen LogP) is 3.09. The van der Waals surface area contributed by atoms with Crippen LogP contribution in [0.3, 0.4) is 0 Å². The Morgan fingerprint density at radius 3 is 2.91 bits per heavy atom. The molecule has 0 bridgehead atoms. The van der Waals surface area contributed by atoms with Crippen LogP contribution in [-0.2, 0) is 0 Å². The van der Waals surface area contributed by atoms with E-state index in [-0.39, 0.29) is 0 Å². The highest BCUT2D eigenvalue weighted by Crippen LogP contribution is 2.09. The summed E-state index contributed by atoms with van der Waals surface area (Å²) in [6.45, 7) is 0. The van der Waals surface area contributed by atoms with Crippen molar-refractivity contribution in [3.63, 3.8) is 0 Å². The molecule has 0 aromatic heterocycles. The van der Waals surface area contributed by atoms with Gasteiger partial charge < -0.3 is 0 Å². The Morgan fingerprint density at radius 2 is 2.27 bits per heavy atom. The van der Waals surface area contributed by atoms with E-state index in [9.17, 15) is 0 Å². The molecule has 0 nitrogen and oxygen atoms in total. The van der Waals surface area contributed by atoms with Gasteiger partial charge >= 0.3 is 0 Å². The van der Waals surface area contributed by atoms with E-state index < -0.39 is 0 Å². The van der Waals surface area contributed by atoms with Crippen LogP contribution in [0.25, 0.3) is 0 Å². The van der Waals surface area contributed by atoms with Crippen LogP contribution in [-0.4, -0.2) is 5.33 Å². The fourth-order valence-electron chi connectivity index (χ4n) is 0.702. The van der Waals surface area contributed by atoms with E-state index in [1.165, 1.54) is 0 Å². The number of rotatable bonds is 0. The van der Waals surface area contributed by atoms with E-state index in [1.807, 2.05) is 24.3 Å². The van der Waals surface area contributed by atoms with Gasteiger partial charge in [-0.05, 0) is 18.2 Å². The molecule has 0 amide bonds. The van der Waals surface area contributed by atoms with E-state index in [2.05, 4.69) is 27.8 Å². The fraction of sp³-hybridized carbons (Fsp3) is 0.111. The van der Waals surface area contributed by atoms with Crippen LogP contribution in [0.1, 0.15) is 5.56 Å². The molecule has 0 aliphatic rings. The Balaban J connectivity index is 2.87. The van der Waals surface area contributed by atoms with Crippen molar-refractivity contribution in [2.45, 2.75) is 0 Å². The van der Waals surface area contributed by atoms with Gasteiger partial charge in [-0.2, -0.15) is 0 Å². The third-order valence-electron chi connectivity index (χ3n) is 1.12. The Hall–Kier alpha value is -0.450. The van der Waals surface area contributed by atoms with Crippen LogP contribution in [0.15, 0.2) is 24.3 Å². The topological polar surface area (TPSA) is 0 Å². The SMILES string of the molecule is Clc1cccc(C#CCBr)c1. The second-order valence-electron chi connectivity index (χ2n) is 1.95. The molecule has 1 aromatic rings. The molecule has 0 saturated carbocycles. The largest absolute Gasteiger partial charge is 0.0863 e. The lowest BCUT2D eigenvalue weighted by atomic mass is 10.2. The Kier molecular flexibility index (Phi) is 3.48. The molecule has 0 N–H and O–H groups in total. The number of hydrogen-bond donors (Lipinski definition) is 0. The molecule has 0 atom stereocenters. The van der Waals surface area contributed by atoms with E-state index in [0.29, 0.717) is 5.33 Å². The summed E-state index contributed by atoms with van der Waals surface area (Å²) < 4.78 is 0. The molecular weight excluding hydrogens is 223 g/mol. The van der Waals surface area contributed by atoms with Gasteiger partial charge in [-0.3, -0.25) is 0 Å². The molecule has 56 valence electrons. The van der Waals surface area contributed by atoms with Gasteiger partial charge in [0.15, 0.2) is 0 Å². The summed E-state index contributed by atoms with van der Waals surface area (Å²) in [5.41, 5.74) is 0.956. The number of benzene rings is 1. The zero-order valence-corrected chi connectivity index (χ0v) is 8.11. The Bertz CT molecular complexity index is 296. The van der Waals surface area contributed by atoms with Gasteiger partial charge in [0.05, 0.1) is 5.33 Å². The summed E-state index contributed by atoms with van der Waals surface area (Å²) in [7, 11) is 0. The lowest BCUT2D eigenvalue weighted by Gasteiger charge is -1.89. The van der Waals surface area contributed by atoms with Crippen molar-refractivity contribution in [3.8, 4) is 11.8 Å². The highest BCUT2D eigenvalue weighted by Gasteiger charge is 1.86. The zero-order valence-electron chi connectivity index (χ0n) is 5.77. The molecule has 0 saturated heterocycles. The van der Waals surface area contributed by atoms with Gasteiger partial charge in [0.2, 0.25) is 0 Å². The maximum atomic E-state index is 5.74. The van der Waals surface area contributed by atoms with Gasteiger partial charge in [-0.25, -0.2) is 0 Å². The van der Waals surface area contributed by atoms with E-state index in [1.54, 1.807) is 0 Å². The highest BCUT2D eigenvalue weighted by atomic mass is 79.9. The maximum Gasteiger partial charge on any atom is 0.0649 e. The van der Waals surface area contributed by atoms with E-state index in [4.69, 9.17) is 11.6 Å². The summed E-state index contributed by atoms with van der Waals surface area (Å²) in [5.74, 6) is 5.85. The van der Waals surface area contributed by atoms with Gasteiger partial charge in [0.25, 0.3) is 0 Å². The third kappa shape index (κ3) is 2.96. The summed E-state index contributed by atoms with van der Waals surface area (Å²) in [6, 6.07) is 7.50. The molecule has 1 aromatic carbocycles. The fourth-order valence-corrected chi connectivity index (χ4v) is 1.03. The zero-order chi connectivity index (χ0) is 8.10. The molecule has 11 heavy (non-hydrogen) atoms. The molecule has 0 aliphatic carbocycles. The molecule has 0 fully saturated rings. The van der Waals surface area contributed by atoms with Crippen molar-refractivity contribution in [1.82, 2.24) is 0 Å². The summed E-state index contributed by atoms with van der Waals surface area (Å²) in [5, 5.41) is 1.42. The van der Waals surface area contributed by atoms with Crippen LogP contribution in [0, 0.1) is 11.8 Å². The average molecular weight is 230 g/mol. The van der Waals surface area contributed by atoms with Crippen molar-refractivity contribution in [2.24, 2.45) is 0 Å². The van der Waals surface area contributed by atoms with Gasteiger partial charge in [-0.15, -0.1) is 0 Å². The molecular formula is C9H6BrCl. The summed E-state index contributed by atoms with van der Waals surface area (Å²) >= 11 is 8.96. The van der Waals surface area contributed by atoms with Crippen molar-refractivity contribution in [1.29, 1.82) is 0 Å². The first-order chi connectivity index (χ1) is 5.33. The number of hydrogen-bond acceptors (Lipinski definition) is 0. The average Bonchev–Trinajstić information content (AvgIpc) is 2.01. The van der Waals surface area contributed by atoms with Crippen LogP contribution >= 0.6 is 27.5 Å². The lowest BCUT2D eigenvalue weighted by molar-refractivity contribution is 1.64. The second kappa shape index (κ2) is 4.43. The minimum atomic E-state index is 0.694. The van der Waals surface area contributed by atoms with Gasteiger partial charge in [-0.1, -0.05) is 45.4 Å². The molecule has 0 spiro atoms. The molecule has 0 heterocycles. The second-order valence-corrected chi connectivity index (χ2v) is 2.94. The quantitative estimate of drug-likeness (QED) is 0.474. The molecule has 2 heteroatoms. The Labute approximate surface area is 79.7 Å². The minimum Gasteiger partial charge on any atom is -0.0863 e. The van der Waals surface area contributed by atoms with Gasteiger partial charge in [0, 0.05) is 10.6 Å². The first-order valence-corrected chi connectivity index (χ1v) is 4.63. The molecule has 1 rings (SSSR count). The normalized spacial score (nSPS) is 8.55. The van der Waals surface area contributed by atoms with Crippen molar-refractivity contribution < 1.29 is 0 Å². The van der Waals surface area contributed by atoms with E-state index >= 15 is 0 Å². The standard InChI is InChI=1S/C9H6BrCl/c10-6-2-4-8-3-1-5-9(11)7-8/h1,3,5,7H,6H2. The summed E-state index contributed by atoms with van der Waals surface area (Å²) in [6.07, 6.45) is 0. The highest BCUT2D eigenvalue weighted by molar-refractivity contribution is 9.09.